The maximum Gasteiger partial charge on any atom is 1.00 e. The lowest BCUT2D eigenvalue weighted by Crippen LogP contribution is -2.35. The maximum absolute atomic E-state index is 12.1. The highest BCUT2D eigenvalue weighted by Gasteiger charge is 2.39. The van der Waals surface area contributed by atoms with Crippen LogP contribution in [0.15, 0.2) is 0 Å². The van der Waals surface area contributed by atoms with Crippen LogP contribution in [-0.4, -0.2) is 39.1 Å². The van der Waals surface area contributed by atoms with Crippen LogP contribution in [0.2, 0.25) is 0 Å². The molecule has 5 nitrogen and oxygen atoms in total. The minimum Gasteiger partial charge on any atom is -0.572 e. The summed E-state index contributed by atoms with van der Waals surface area (Å²) in [5.74, 6) is 0.286. The van der Waals surface area contributed by atoms with Crippen molar-refractivity contribution in [3.05, 3.63) is 0 Å². The molecule has 6 heteroatoms. The van der Waals surface area contributed by atoms with Gasteiger partial charge in [-0.3, -0.25) is 9.59 Å². The van der Waals surface area contributed by atoms with E-state index in [1.165, 1.54) is 83.5 Å². The minimum absolute atomic E-state index is 0.0493. The van der Waals surface area contributed by atoms with Crippen molar-refractivity contribution >= 4 is 26.9 Å². The lowest BCUT2D eigenvalue weighted by molar-refractivity contribution is -0.141. The molecule has 0 unspecified atom stereocenters. The van der Waals surface area contributed by atoms with Gasteiger partial charge in [0.25, 0.3) is 5.97 Å². The molecule has 0 aliphatic heterocycles. The molecule has 0 aliphatic carbocycles. The Balaban J connectivity index is 3.54. The van der Waals surface area contributed by atoms with E-state index in [-0.39, 0.29) is 24.4 Å². The van der Waals surface area contributed by atoms with Gasteiger partial charge in [-0.15, -0.1) is 0 Å². The highest BCUT2D eigenvalue weighted by Crippen LogP contribution is 2.15. The Morgan fingerprint density at radius 2 is 0.971 bits per heavy atom. The molecule has 0 aromatic heterocycles. The monoisotopic (exact) mass is 498 g/mol. The Morgan fingerprint density at radius 3 is 1.35 bits per heavy atom. The average Bonchev–Trinajstić information content (AvgIpc) is 2.72. The SMILES string of the molecule is CC(C)CCCCCCCCCCCCCCCCC(=O)CC(=O)[O][Al]([O]C(C)C)[O]C(C)C. The van der Waals surface area contributed by atoms with Crippen LogP contribution in [0, 0.1) is 5.92 Å². The van der Waals surface area contributed by atoms with Gasteiger partial charge in [0.05, 0.1) is 0 Å². The highest BCUT2D eigenvalue weighted by atomic mass is 27.3. The van der Waals surface area contributed by atoms with Gasteiger partial charge in [-0.2, -0.15) is 0 Å². The maximum atomic E-state index is 12.1. The summed E-state index contributed by atoms with van der Waals surface area (Å²) < 4.78 is 16.5. The number of ketones is 1. The smallest absolute Gasteiger partial charge is 0.572 e. The third kappa shape index (κ3) is 24.7. The van der Waals surface area contributed by atoms with E-state index in [0.29, 0.717) is 6.42 Å². The van der Waals surface area contributed by atoms with Gasteiger partial charge in [0.2, 0.25) is 0 Å². The molecule has 0 rings (SSSR count). The lowest BCUT2D eigenvalue weighted by Gasteiger charge is -2.17. The molecule has 0 saturated heterocycles. The Kier molecular flexibility index (Phi) is 22.7. The third-order valence-corrected chi connectivity index (χ3v) is 7.81. The standard InChI is InChI=1S/C22H42O3.2C3H7O.Al/c1-20(2)17-15-13-11-9-7-5-3-4-6-8-10-12-14-16-18-21(23)19-22(24)25;2*1-3(2)4;/h20H,3-19H2,1-2H3,(H,24,25);2*3H,1-2H3;/q;2*-1;+3/p-1. The second kappa shape index (κ2) is 23.0. The van der Waals surface area contributed by atoms with Gasteiger partial charge in [0.15, 0.2) is 0 Å². The Morgan fingerprint density at radius 1 is 0.588 bits per heavy atom. The minimum atomic E-state index is -2.54. The number of hydrogen-bond acceptors (Lipinski definition) is 5. The van der Waals surface area contributed by atoms with E-state index in [1.807, 2.05) is 27.7 Å². The second-order valence-electron chi connectivity index (χ2n) is 10.7. The predicted octanol–water partition coefficient (Wildman–Crippen LogP) is 8.22. The van der Waals surface area contributed by atoms with Crippen molar-refractivity contribution < 1.29 is 21.0 Å². The predicted molar refractivity (Wildman–Crippen MR) is 143 cm³/mol. The van der Waals surface area contributed by atoms with Crippen LogP contribution < -0.4 is 0 Å². The van der Waals surface area contributed by atoms with Gasteiger partial charge in [0, 0.05) is 18.6 Å². The molecule has 0 aromatic carbocycles. The van der Waals surface area contributed by atoms with E-state index in [1.54, 1.807) is 0 Å². The molecular formula is C28H55AlO5. The fraction of sp³-hybridized carbons (Fsp3) is 0.929. The third-order valence-electron chi connectivity index (χ3n) is 5.82. The van der Waals surface area contributed by atoms with Crippen LogP contribution in [0.1, 0.15) is 151 Å². The molecule has 200 valence electrons. The number of carbonyl (C=O) groups excluding carboxylic acids is 2. The molecule has 34 heavy (non-hydrogen) atoms. The normalized spacial score (nSPS) is 11.6. The van der Waals surface area contributed by atoms with Crippen molar-refractivity contribution in [1.29, 1.82) is 0 Å². The largest absolute Gasteiger partial charge is 1.00 e. The van der Waals surface area contributed by atoms with Crippen LogP contribution in [0.3, 0.4) is 0 Å². The summed E-state index contributed by atoms with van der Waals surface area (Å²) in [6, 6.07) is 0. The summed E-state index contributed by atoms with van der Waals surface area (Å²) in [6.45, 7) is 12.1. The molecule has 0 bridgehead atoms. The molecule has 0 amide bonds. The van der Waals surface area contributed by atoms with Crippen molar-refractivity contribution in [2.24, 2.45) is 5.92 Å². The first-order valence-electron chi connectivity index (χ1n) is 14.2. The van der Waals surface area contributed by atoms with Gasteiger partial charge in [-0.05, 0) is 40.0 Å². The number of hydrogen-bond donors (Lipinski definition) is 0. The quantitative estimate of drug-likeness (QED) is 0.0762. The van der Waals surface area contributed by atoms with Crippen LogP contribution in [0.5, 0.6) is 0 Å². The van der Waals surface area contributed by atoms with Crippen molar-refractivity contribution in [2.75, 3.05) is 0 Å². The van der Waals surface area contributed by atoms with Gasteiger partial charge in [0.1, 0.15) is 12.2 Å². The number of rotatable bonds is 24. The van der Waals surface area contributed by atoms with Crippen molar-refractivity contribution in [2.45, 2.75) is 163 Å². The molecule has 0 atom stereocenters. The topological polar surface area (TPSA) is 61.8 Å². The zero-order chi connectivity index (χ0) is 25.6. The molecule has 0 aromatic rings. The summed E-state index contributed by atoms with van der Waals surface area (Å²) in [4.78, 5) is 24.1. The second-order valence-corrected chi connectivity index (χ2v) is 12.1. The fourth-order valence-corrected chi connectivity index (χ4v) is 5.29. The van der Waals surface area contributed by atoms with Gasteiger partial charge in [-0.25, -0.2) is 0 Å². The van der Waals surface area contributed by atoms with Crippen molar-refractivity contribution in [1.82, 2.24) is 0 Å². The Bertz CT molecular complexity index is 483. The fourth-order valence-electron chi connectivity index (χ4n) is 3.93. The number of carbonyl (C=O) groups is 2. The highest BCUT2D eigenvalue weighted by molar-refractivity contribution is 6.39. The van der Waals surface area contributed by atoms with Crippen molar-refractivity contribution in [3.8, 4) is 0 Å². The molecule has 0 spiro atoms. The van der Waals surface area contributed by atoms with Crippen LogP contribution >= 0.6 is 0 Å². The van der Waals surface area contributed by atoms with E-state index in [9.17, 15) is 9.59 Å². The lowest BCUT2D eigenvalue weighted by atomic mass is 10.0. The summed E-state index contributed by atoms with van der Waals surface area (Å²) >= 11 is -2.54. The summed E-state index contributed by atoms with van der Waals surface area (Å²) in [7, 11) is 0. The van der Waals surface area contributed by atoms with Crippen LogP contribution in [0.25, 0.3) is 0 Å². The zero-order valence-electron chi connectivity index (χ0n) is 23.4. The summed E-state index contributed by atoms with van der Waals surface area (Å²) in [6.07, 6.45) is 19.7. The Hall–Kier alpha value is -0.408. The van der Waals surface area contributed by atoms with Crippen LogP contribution in [0.4, 0.5) is 0 Å². The van der Waals surface area contributed by atoms with E-state index in [2.05, 4.69) is 13.8 Å². The molecule has 0 fully saturated rings. The number of Topliss-reactive ketones (excluding diaryl/α,β-unsaturated/α-hetero) is 1. The molecule has 0 radical (unpaired) electrons. The molecule has 0 N–H and O–H groups in total. The van der Waals surface area contributed by atoms with E-state index < -0.39 is 21.1 Å². The first kappa shape index (κ1) is 33.6. The van der Waals surface area contributed by atoms with Gasteiger partial charge < -0.3 is 11.4 Å². The van der Waals surface area contributed by atoms with Crippen LogP contribution in [-0.2, 0) is 21.0 Å². The molecule has 0 aliphatic rings. The van der Waals surface area contributed by atoms with E-state index in [0.717, 1.165) is 18.8 Å². The van der Waals surface area contributed by atoms with Gasteiger partial charge in [-0.1, -0.05) is 104 Å². The van der Waals surface area contributed by atoms with E-state index in [4.69, 9.17) is 11.4 Å². The van der Waals surface area contributed by atoms with E-state index >= 15 is 0 Å². The molecule has 0 saturated carbocycles. The first-order chi connectivity index (χ1) is 16.2. The molecular weight excluding hydrogens is 443 g/mol. The first-order valence-corrected chi connectivity index (χ1v) is 15.6. The Labute approximate surface area is 216 Å². The number of unbranched alkanes of at least 4 members (excludes halogenated alkanes) is 13. The summed E-state index contributed by atoms with van der Waals surface area (Å²) in [5.41, 5.74) is 0. The van der Waals surface area contributed by atoms with Crippen molar-refractivity contribution in [3.63, 3.8) is 0 Å². The zero-order valence-corrected chi connectivity index (χ0v) is 24.5. The van der Waals surface area contributed by atoms with Gasteiger partial charge >= 0.3 is 15.1 Å². The average molecular weight is 499 g/mol. The summed E-state index contributed by atoms with van der Waals surface area (Å²) in [5, 5.41) is 0. The molecule has 0 heterocycles.